The topological polar surface area (TPSA) is 114 Å². The zero-order valence-electron chi connectivity index (χ0n) is 19.1. The number of primary amides is 1. The molecular weight excluding hydrogens is 408 g/mol. The number of hydrogen-bond acceptors (Lipinski definition) is 6. The van der Waals surface area contributed by atoms with Crippen LogP contribution in [0.1, 0.15) is 39.8 Å². The summed E-state index contributed by atoms with van der Waals surface area (Å²) in [6, 6.07) is 12.0. The van der Waals surface area contributed by atoms with Gasteiger partial charge in [0.25, 0.3) is 0 Å². The van der Waals surface area contributed by atoms with Crippen LogP contribution in [0.5, 0.6) is 5.75 Å². The van der Waals surface area contributed by atoms with Crippen LogP contribution in [-0.4, -0.2) is 41.1 Å². The number of para-hydroxylation sites is 1. The van der Waals surface area contributed by atoms with Crippen LogP contribution in [0, 0.1) is 0 Å². The zero-order chi connectivity index (χ0) is 23.3. The molecule has 0 bridgehead atoms. The molecule has 0 spiro atoms. The Labute approximate surface area is 188 Å². The van der Waals surface area contributed by atoms with E-state index in [2.05, 4.69) is 17.4 Å². The van der Waals surface area contributed by atoms with Gasteiger partial charge in [-0.15, -0.1) is 0 Å². The van der Waals surface area contributed by atoms with Crippen molar-refractivity contribution in [3.8, 4) is 5.75 Å². The molecule has 0 aliphatic carbocycles. The van der Waals surface area contributed by atoms with Crippen molar-refractivity contribution < 1.29 is 19.2 Å². The third-order valence-corrected chi connectivity index (χ3v) is 4.89. The quantitative estimate of drug-likeness (QED) is 0.461. The van der Waals surface area contributed by atoms with E-state index in [0.29, 0.717) is 29.3 Å². The number of carbonyl (C=O) groups is 1. The van der Waals surface area contributed by atoms with Crippen molar-refractivity contribution in [2.24, 2.45) is 5.73 Å². The molecule has 4 N–H and O–H groups in total. The van der Waals surface area contributed by atoms with Crippen molar-refractivity contribution in [1.82, 2.24) is 10.5 Å². The van der Waals surface area contributed by atoms with Crippen molar-refractivity contribution in [3.63, 3.8) is 0 Å². The van der Waals surface area contributed by atoms with E-state index in [0.717, 1.165) is 23.9 Å². The Kier molecular flexibility index (Phi) is 7.37. The maximum Gasteiger partial charge on any atom is 0.324 e. The summed E-state index contributed by atoms with van der Waals surface area (Å²) in [5, 5.41) is 18.6. The third-order valence-electron chi connectivity index (χ3n) is 4.89. The predicted molar refractivity (Wildman–Crippen MR) is 125 cm³/mol. The number of carbonyl (C=O) groups excluding carboxylic acids is 1. The van der Waals surface area contributed by atoms with Crippen molar-refractivity contribution in [2.75, 3.05) is 18.1 Å². The van der Waals surface area contributed by atoms with E-state index in [9.17, 15) is 9.90 Å². The largest absolute Gasteiger partial charge is 0.488 e. The highest BCUT2D eigenvalue weighted by molar-refractivity contribution is 6.02. The maximum absolute atomic E-state index is 12.5. The molecule has 0 saturated heterocycles. The Hall–Kier alpha value is -3.10. The van der Waals surface area contributed by atoms with Crippen LogP contribution in [0.4, 0.5) is 16.2 Å². The molecule has 0 fully saturated rings. The molecule has 0 aliphatic rings. The van der Waals surface area contributed by atoms with Gasteiger partial charge in [-0.2, -0.15) is 0 Å². The lowest BCUT2D eigenvalue weighted by atomic mass is 10.1. The predicted octanol–water partition coefficient (Wildman–Crippen LogP) is 4.12. The molecule has 3 aromatic rings. The molecule has 3 rings (SSSR count). The second kappa shape index (κ2) is 10.0. The number of aliphatic hydroxyl groups excluding tert-OH is 1. The van der Waals surface area contributed by atoms with E-state index < -0.39 is 12.1 Å². The lowest BCUT2D eigenvalue weighted by Gasteiger charge is -2.25. The second-order valence-electron chi connectivity index (χ2n) is 8.80. The van der Waals surface area contributed by atoms with Gasteiger partial charge in [-0.25, -0.2) is 4.79 Å². The number of β-amino-alcohol motifs (C(OH)–C–C–N with tert-alkyl or cyclic N) is 1. The molecule has 32 heavy (non-hydrogen) atoms. The smallest absolute Gasteiger partial charge is 0.324 e. The first-order valence-electron chi connectivity index (χ1n) is 10.8. The molecule has 1 unspecified atom stereocenters. The second-order valence-corrected chi connectivity index (χ2v) is 8.80. The Morgan fingerprint density at radius 3 is 2.62 bits per heavy atom. The molecule has 2 amide bonds. The number of nitrogens with zero attached hydrogens (tertiary/aromatic N) is 2. The number of ether oxygens (including phenoxy) is 1. The first-order valence-corrected chi connectivity index (χ1v) is 10.8. The minimum atomic E-state index is -0.748. The van der Waals surface area contributed by atoms with Gasteiger partial charge < -0.3 is 25.4 Å². The highest BCUT2D eigenvalue weighted by Crippen LogP contribution is 2.38. The summed E-state index contributed by atoms with van der Waals surface area (Å²) in [6.07, 6.45) is 0.897. The number of hydrogen-bond donors (Lipinski definition) is 3. The van der Waals surface area contributed by atoms with Gasteiger partial charge in [0.2, 0.25) is 0 Å². The number of nitrogens with two attached hydrogens (primary N) is 1. The van der Waals surface area contributed by atoms with E-state index >= 15 is 0 Å². The van der Waals surface area contributed by atoms with Crippen LogP contribution in [0.15, 0.2) is 47.0 Å². The summed E-state index contributed by atoms with van der Waals surface area (Å²) in [5.41, 5.74) is 8.07. The highest BCUT2D eigenvalue weighted by Gasteiger charge is 2.23. The number of benzene rings is 2. The molecule has 0 saturated carbocycles. The lowest BCUT2D eigenvalue weighted by molar-refractivity contribution is 0.100. The van der Waals surface area contributed by atoms with Crippen molar-refractivity contribution >= 4 is 28.4 Å². The highest BCUT2D eigenvalue weighted by atomic mass is 16.5. The Balaban J connectivity index is 1.99. The molecule has 8 nitrogen and oxygen atoms in total. The molecule has 2 aromatic carbocycles. The Morgan fingerprint density at radius 2 is 2.00 bits per heavy atom. The summed E-state index contributed by atoms with van der Waals surface area (Å²) in [4.78, 5) is 13.9. The molecule has 8 heteroatoms. The van der Waals surface area contributed by atoms with Gasteiger partial charge in [0, 0.05) is 23.5 Å². The third kappa shape index (κ3) is 5.77. The average Bonchev–Trinajstić information content (AvgIpc) is 3.12. The molecule has 0 aliphatic heterocycles. The van der Waals surface area contributed by atoms with Crippen LogP contribution in [0.25, 0.3) is 11.0 Å². The molecular formula is C24H32N4O4. The van der Waals surface area contributed by atoms with E-state index in [4.69, 9.17) is 15.0 Å². The van der Waals surface area contributed by atoms with Gasteiger partial charge in [0.05, 0.1) is 17.1 Å². The molecule has 1 atom stereocenters. The minimum absolute atomic E-state index is 0.0267. The first-order chi connectivity index (χ1) is 15.2. The molecule has 1 heterocycles. The lowest BCUT2D eigenvalue weighted by Crippen LogP contribution is -2.42. The van der Waals surface area contributed by atoms with Gasteiger partial charge >= 0.3 is 6.03 Å². The number of aromatic nitrogens is 1. The summed E-state index contributed by atoms with van der Waals surface area (Å²) in [6.45, 7) is 8.52. The van der Waals surface area contributed by atoms with Crippen molar-refractivity contribution in [1.29, 1.82) is 0 Å². The average molecular weight is 441 g/mol. The molecule has 172 valence electrons. The van der Waals surface area contributed by atoms with E-state index in [-0.39, 0.29) is 12.1 Å². The Bertz CT molecular complexity index is 1040. The van der Waals surface area contributed by atoms with E-state index in [1.165, 1.54) is 4.90 Å². The van der Waals surface area contributed by atoms with Crippen LogP contribution in [0.2, 0.25) is 0 Å². The number of aryl methyl sites for hydroxylation is 1. The van der Waals surface area contributed by atoms with Crippen molar-refractivity contribution in [3.05, 3.63) is 48.2 Å². The normalized spacial score (nSPS) is 12.7. The van der Waals surface area contributed by atoms with Crippen LogP contribution < -0.4 is 20.7 Å². The number of amides is 2. The van der Waals surface area contributed by atoms with Crippen molar-refractivity contribution in [2.45, 2.75) is 52.2 Å². The van der Waals surface area contributed by atoms with Gasteiger partial charge in [-0.05, 0) is 45.4 Å². The minimum Gasteiger partial charge on any atom is -0.488 e. The standard InChI is InChI=1S/C24H32N4O4/c1-5-9-19-18-12-20(28(23(25)30)16-10-7-6-8-11-16)22(13-21(18)32-27-19)31-15-17(29)14-26-24(2,3)4/h6-8,10-13,17,26,29H,5,9,14-15H2,1-4H3,(H2,25,30). The van der Waals surface area contributed by atoms with Crippen LogP contribution >= 0.6 is 0 Å². The molecule has 1 aromatic heterocycles. The monoisotopic (exact) mass is 440 g/mol. The number of anilines is 2. The van der Waals surface area contributed by atoms with E-state index in [1.54, 1.807) is 18.2 Å². The molecule has 0 radical (unpaired) electrons. The number of urea groups is 1. The fourth-order valence-corrected chi connectivity index (χ4v) is 3.34. The van der Waals surface area contributed by atoms with Crippen LogP contribution in [0.3, 0.4) is 0 Å². The summed E-state index contributed by atoms with van der Waals surface area (Å²) < 4.78 is 11.5. The fraction of sp³-hybridized carbons (Fsp3) is 0.417. The SMILES string of the molecule is CCCc1noc2cc(OCC(O)CNC(C)(C)C)c(N(C(N)=O)c3ccccc3)cc12. The zero-order valence-corrected chi connectivity index (χ0v) is 19.1. The number of aliphatic hydroxyl groups is 1. The summed E-state index contributed by atoms with van der Waals surface area (Å²) in [7, 11) is 0. The number of fused-ring (bicyclic) bond motifs is 1. The first kappa shape index (κ1) is 23.6. The van der Waals surface area contributed by atoms with Crippen LogP contribution in [-0.2, 0) is 6.42 Å². The van der Waals surface area contributed by atoms with Gasteiger partial charge in [0.15, 0.2) is 5.58 Å². The fourth-order valence-electron chi connectivity index (χ4n) is 3.34. The van der Waals surface area contributed by atoms with E-state index in [1.807, 2.05) is 45.0 Å². The maximum atomic E-state index is 12.5. The van der Waals surface area contributed by atoms with Gasteiger partial charge in [-0.1, -0.05) is 36.7 Å². The number of rotatable bonds is 9. The number of nitrogens with one attached hydrogen (secondary N) is 1. The van der Waals surface area contributed by atoms with Gasteiger partial charge in [0.1, 0.15) is 18.5 Å². The van der Waals surface area contributed by atoms with Gasteiger partial charge in [-0.3, -0.25) is 4.90 Å². The Morgan fingerprint density at radius 1 is 1.28 bits per heavy atom. The summed E-state index contributed by atoms with van der Waals surface area (Å²) in [5.74, 6) is 0.370. The summed E-state index contributed by atoms with van der Waals surface area (Å²) >= 11 is 0.